The Bertz CT molecular complexity index is 1980. The van der Waals surface area contributed by atoms with Crippen molar-refractivity contribution in [3.05, 3.63) is 59.3 Å². The van der Waals surface area contributed by atoms with Crippen LogP contribution in [0.2, 0.25) is 0 Å². The van der Waals surface area contributed by atoms with Gasteiger partial charge in [-0.1, -0.05) is 70.6 Å². The molecule has 0 radical (unpaired) electrons. The topological polar surface area (TPSA) is 174 Å². The fraction of sp³-hybridized carbons (Fsp3) is 0.774. The third-order valence-corrected chi connectivity index (χ3v) is 16.1. The highest BCUT2D eigenvalue weighted by molar-refractivity contribution is 7.80. The van der Waals surface area contributed by atoms with Crippen molar-refractivity contribution in [2.45, 2.75) is 217 Å². The summed E-state index contributed by atoms with van der Waals surface area (Å²) < 4.78 is 65.4. The summed E-state index contributed by atoms with van der Waals surface area (Å²) in [5.41, 5.74) is -0.474. The van der Waals surface area contributed by atoms with Crippen LogP contribution in [0.4, 0.5) is 0 Å². The van der Waals surface area contributed by atoms with Crippen LogP contribution in [0.25, 0.3) is 0 Å². The number of carbonyl (C=O) groups is 1. The van der Waals surface area contributed by atoms with E-state index in [1.54, 1.807) is 33.3 Å². The molecule has 2 unspecified atom stereocenters. The maximum atomic E-state index is 14.4. The standard InChI is InChI=1S/C53H82N2O13S/c1-14-29(4)46-32(7)20-21-52(68-46)26-38-23-37(67-52)19-18-31(6)45(30(5)16-15-17-36-27-61-48-44(56)33(8)22-39(49(57)64-38)53(36,48)58)65-42-24-40(59-12)47(34(9)62-42)66-43-25-41(60-13)51(11,35(10)63-43)55-50(69)54-28(2)3/h15-18,20-22,28-30,32,34-35,37-48,56,58H,14,19,23-27H2,1-13H3,(H2,54,55,69)/b16-15+,31-18+,36-17+/t29?,30?,32-,34-,35-,37+,38-,39-,40-,41-,42-,43-,44+,45-,46+,47-,48+,51-,52+,53+/m0/s1. The van der Waals surface area contributed by atoms with Crippen LogP contribution < -0.4 is 10.6 Å². The molecular weight excluding hydrogens is 905 g/mol. The van der Waals surface area contributed by atoms with Crippen molar-refractivity contribution in [2.24, 2.45) is 23.7 Å². The average molecular weight is 987 g/mol. The summed E-state index contributed by atoms with van der Waals surface area (Å²) >= 11 is 5.62. The summed E-state index contributed by atoms with van der Waals surface area (Å²) in [5.74, 6) is -2.58. The summed E-state index contributed by atoms with van der Waals surface area (Å²) in [7, 11) is 3.37. The highest BCUT2D eigenvalue weighted by atomic mass is 32.1. The summed E-state index contributed by atoms with van der Waals surface area (Å²) in [5, 5.41) is 31.1. The third kappa shape index (κ3) is 11.5. The molecule has 4 N–H and O–H groups in total. The van der Waals surface area contributed by atoms with Gasteiger partial charge in [-0.25, -0.2) is 0 Å². The Balaban J connectivity index is 1.14. The molecule has 0 aromatic carbocycles. The van der Waals surface area contributed by atoms with Crippen LogP contribution in [-0.4, -0.2) is 145 Å². The zero-order valence-electron chi connectivity index (χ0n) is 43.2. The van der Waals surface area contributed by atoms with E-state index in [4.69, 9.17) is 59.6 Å². The fourth-order valence-corrected chi connectivity index (χ4v) is 11.9. The minimum absolute atomic E-state index is 0.0312. The quantitative estimate of drug-likeness (QED) is 0.104. The summed E-state index contributed by atoms with van der Waals surface area (Å²) in [6.45, 7) is 22.5. The van der Waals surface area contributed by atoms with Gasteiger partial charge >= 0.3 is 5.97 Å². The normalized spacial score (nSPS) is 46.4. The Labute approximate surface area is 416 Å². The molecule has 7 aliphatic rings. The molecule has 4 saturated heterocycles. The molecule has 1 spiro atoms. The lowest BCUT2D eigenvalue weighted by Crippen LogP contribution is -2.68. The number of thiocarbonyl (C=S) groups is 1. The summed E-state index contributed by atoms with van der Waals surface area (Å²) in [6, 6.07) is 0.171. The van der Waals surface area contributed by atoms with Crippen LogP contribution >= 0.6 is 12.2 Å². The van der Waals surface area contributed by atoms with E-state index in [1.165, 1.54) is 0 Å². The van der Waals surface area contributed by atoms with Gasteiger partial charge in [0.05, 0.1) is 54.9 Å². The van der Waals surface area contributed by atoms with Crippen molar-refractivity contribution in [2.75, 3.05) is 20.8 Å². The largest absolute Gasteiger partial charge is 0.462 e. The maximum absolute atomic E-state index is 14.4. The zero-order valence-corrected chi connectivity index (χ0v) is 44.0. The van der Waals surface area contributed by atoms with Gasteiger partial charge in [0.15, 0.2) is 23.5 Å². The predicted octanol–water partition coefficient (Wildman–Crippen LogP) is 6.65. The van der Waals surface area contributed by atoms with Gasteiger partial charge in [-0.15, -0.1) is 0 Å². The number of aliphatic hydroxyl groups excluding tert-OH is 1. The van der Waals surface area contributed by atoms with Gasteiger partial charge in [0.2, 0.25) is 0 Å². The number of hydrogen-bond acceptors (Lipinski definition) is 14. The lowest BCUT2D eigenvalue weighted by Gasteiger charge is -2.50. The minimum Gasteiger partial charge on any atom is -0.462 e. The highest BCUT2D eigenvalue weighted by Gasteiger charge is 2.60. The van der Waals surface area contributed by atoms with Crippen molar-refractivity contribution in [1.82, 2.24) is 10.6 Å². The second kappa shape index (κ2) is 22.3. The van der Waals surface area contributed by atoms with E-state index in [9.17, 15) is 15.0 Å². The van der Waals surface area contributed by atoms with E-state index in [-0.39, 0.29) is 60.9 Å². The molecule has 388 valence electrons. The molecule has 0 amide bonds. The van der Waals surface area contributed by atoms with E-state index >= 15 is 0 Å². The molecule has 7 rings (SSSR count). The van der Waals surface area contributed by atoms with Crippen LogP contribution in [0, 0.1) is 23.7 Å². The Morgan fingerprint density at radius 1 is 0.957 bits per heavy atom. The molecule has 4 fully saturated rings. The van der Waals surface area contributed by atoms with Crippen molar-refractivity contribution in [1.29, 1.82) is 0 Å². The first-order chi connectivity index (χ1) is 32.6. The molecule has 15 nitrogen and oxygen atoms in total. The Kier molecular flexibility index (Phi) is 17.5. The molecule has 69 heavy (non-hydrogen) atoms. The van der Waals surface area contributed by atoms with Gasteiger partial charge in [-0.3, -0.25) is 4.79 Å². The molecule has 2 bridgehead atoms. The monoisotopic (exact) mass is 987 g/mol. The third-order valence-electron chi connectivity index (χ3n) is 15.9. The van der Waals surface area contributed by atoms with Gasteiger partial charge < -0.3 is 68.2 Å². The molecule has 0 aromatic rings. The maximum Gasteiger partial charge on any atom is 0.316 e. The Morgan fingerprint density at radius 3 is 2.39 bits per heavy atom. The molecule has 6 aliphatic heterocycles. The van der Waals surface area contributed by atoms with Crippen LogP contribution in [0.5, 0.6) is 0 Å². The smallest absolute Gasteiger partial charge is 0.316 e. The highest BCUT2D eigenvalue weighted by Crippen LogP contribution is 2.47. The lowest BCUT2D eigenvalue weighted by molar-refractivity contribution is -0.316. The molecule has 20 atom stereocenters. The number of carbonyl (C=O) groups excluding carboxylic acids is 1. The number of esters is 1. The fourth-order valence-electron chi connectivity index (χ4n) is 11.5. The molecule has 0 saturated carbocycles. The molecule has 0 aromatic heterocycles. The number of rotatable bonds is 10. The minimum atomic E-state index is -1.84. The van der Waals surface area contributed by atoms with Gasteiger partial charge in [-0.2, -0.15) is 0 Å². The van der Waals surface area contributed by atoms with Crippen LogP contribution in [0.1, 0.15) is 115 Å². The van der Waals surface area contributed by atoms with Crippen molar-refractivity contribution >= 4 is 23.3 Å². The van der Waals surface area contributed by atoms with Gasteiger partial charge in [-0.05, 0) is 95.8 Å². The van der Waals surface area contributed by atoms with Crippen molar-refractivity contribution < 1.29 is 62.4 Å². The number of fused-ring (bicyclic) bond motifs is 2. The second-order valence-corrected chi connectivity index (χ2v) is 21.8. The number of methoxy groups -OCH3 is 2. The Morgan fingerprint density at radius 2 is 1.70 bits per heavy atom. The van der Waals surface area contributed by atoms with Gasteiger partial charge in [0, 0.05) is 57.8 Å². The number of hydrogen-bond donors (Lipinski definition) is 4. The average Bonchev–Trinajstić information content (AvgIpc) is 3.63. The first-order valence-electron chi connectivity index (χ1n) is 25.4. The van der Waals surface area contributed by atoms with Gasteiger partial charge in [0.25, 0.3) is 0 Å². The van der Waals surface area contributed by atoms with E-state index in [2.05, 4.69) is 64.3 Å². The van der Waals surface area contributed by atoms with E-state index in [0.29, 0.717) is 48.4 Å². The van der Waals surface area contributed by atoms with Gasteiger partial charge in [0.1, 0.15) is 35.9 Å². The molecule has 1 aliphatic carbocycles. The Hall–Kier alpha value is -2.58. The summed E-state index contributed by atoms with van der Waals surface area (Å²) in [4.78, 5) is 14.4. The van der Waals surface area contributed by atoms with Crippen molar-refractivity contribution in [3.8, 4) is 0 Å². The van der Waals surface area contributed by atoms with Crippen molar-refractivity contribution in [3.63, 3.8) is 0 Å². The van der Waals surface area contributed by atoms with Crippen LogP contribution in [0.3, 0.4) is 0 Å². The number of nitrogens with one attached hydrogen (secondary N) is 2. The van der Waals surface area contributed by atoms with Crippen LogP contribution in [-0.2, 0) is 52.2 Å². The SMILES string of the molecule is CCC(C)[C@H]1O[C@]2(C=C[C@@H]1C)C[C@@H]1C[C@@H](C/C=C(\C)[C@@H](O[C@H]3C[C@H](OC)[C@@H](O[C@H]4C[C@H](OC)[C@@](C)(NC(=S)NC(C)C)[C@H](C)O4)[C@H](C)O3)C(C)/C=C/C=C3\CO[C@@H]4[C@H](O)C(C)=C[C@@H](C(=O)O1)[C@]34O)O2. The summed E-state index contributed by atoms with van der Waals surface area (Å²) in [6.07, 6.45) is 9.75. The number of aliphatic hydroxyl groups is 2. The van der Waals surface area contributed by atoms with E-state index in [1.807, 2.05) is 45.9 Å². The molecular formula is C53H82N2O13S. The predicted molar refractivity (Wildman–Crippen MR) is 264 cm³/mol. The first-order valence-corrected chi connectivity index (χ1v) is 25.8. The number of ether oxygens (including phenoxy) is 10. The van der Waals surface area contributed by atoms with E-state index < -0.39 is 78.0 Å². The molecule has 6 heterocycles. The number of allylic oxidation sites excluding steroid dienone is 2. The molecule has 16 heteroatoms. The van der Waals surface area contributed by atoms with Crippen LogP contribution in [0.15, 0.2) is 59.3 Å². The lowest BCUT2D eigenvalue weighted by atomic mass is 9.71. The first kappa shape index (κ1) is 54.2. The second-order valence-electron chi connectivity index (χ2n) is 21.4. The van der Waals surface area contributed by atoms with E-state index in [0.717, 1.165) is 12.0 Å². The zero-order chi connectivity index (χ0) is 50.2.